The van der Waals surface area contributed by atoms with E-state index >= 15 is 0 Å². The highest BCUT2D eigenvalue weighted by molar-refractivity contribution is 7.89. The summed E-state index contributed by atoms with van der Waals surface area (Å²) in [7, 11) is -3.24. The maximum Gasteiger partial charge on any atom is 0.251 e. The second-order valence-electron chi connectivity index (χ2n) is 5.63. The Hall–Kier alpha value is -2.81. The molecule has 0 aromatic heterocycles. The van der Waals surface area contributed by atoms with Gasteiger partial charge in [-0.15, -0.1) is 0 Å². The van der Waals surface area contributed by atoms with Gasteiger partial charge in [0.15, 0.2) is 21.5 Å². The van der Waals surface area contributed by atoms with Gasteiger partial charge in [0.1, 0.15) is 0 Å². The number of carbonyl (C=O) groups is 2. The molecule has 2 amide bonds. The van der Waals surface area contributed by atoms with E-state index in [2.05, 4.69) is 10.6 Å². The highest BCUT2D eigenvalue weighted by Crippen LogP contribution is 2.13. The zero-order valence-corrected chi connectivity index (χ0v) is 14.6. The van der Waals surface area contributed by atoms with E-state index in [1.54, 1.807) is 6.07 Å². The second-order valence-corrected chi connectivity index (χ2v) is 7.77. The normalized spacial score (nSPS) is 11.0. The van der Waals surface area contributed by atoms with Crippen LogP contribution in [0.3, 0.4) is 0 Å². The largest absolute Gasteiger partial charge is 0.343 e. The molecule has 0 bridgehead atoms. The van der Waals surface area contributed by atoms with Crippen LogP contribution in [0.2, 0.25) is 0 Å². The number of halogens is 2. The van der Waals surface area contributed by atoms with Crippen LogP contribution in [0.4, 0.5) is 14.5 Å². The van der Waals surface area contributed by atoms with E-state index in [9.17, 15) is 26.8 Å². The van der Waals surface area contributed by atoms with Crippen LogP contribution in [0, 0.1) is 11.6 Å². The first-order valence-corrected chi connectivity index (χ1v) is 9.50. The van der Waals surface area contributed by atoms with Crippen LogP contribution in [0.25, 0.3) is 0 Å². The predicted octanol–water partition coefficient (Wildman–Crippen LogP) is 1.88. The van der Waals surface area contributed by atoms with Crippen molar-refractivity contribution in [3.8, 4) is 0 Å². The van der Waals surface area contributed by atoms with E-state index in [0.717, 1.165) is 18.4 Å². The predicted molar refractivity (Wildman–Crippen MR) is 92.3 cm³/mol. The molecular weight excluding hydrogens is 366 g/mol. The molecule has 26 heavy (non-hydrogen) atoms. The minimum atomic E-state index is -3.24. The van der Waals surface area contributed by atoms with E-state index in [-0.39, 0.29) is 17.0 Å². The highest BCUT2D eigenvalue weighted by atomic mass is 32.2. The number of hydrogen-bond donors (Lipinski definition) is 2. The fraction of sp³-hybridized carbons (Fsp3) is 0.176. The number of benzene rings is 2. The summed E-state index contributed by atoms with van der Waals surface area (Å²) >= 11 is 0. The van der Waals surface area contributed by atoms with E-state index < -0.39 is 39.8 Å². The Morgan fingerprint density at radius 2 is 1.77 bits per heavy atom. The van der Waals surface area contributed by atoms with Gasteiger partial charge >= 0.3 is 0 Å². The summed E-state index contributed by atoms with van der Waals surface area (Å²) in [6, 6.07) is 8.90. The zero-order chi connectivity index (χ0) is 19.3. The van der Waals surface area contributed by atoms with Gasteiger partial charge in [0.05, 0.1) is 12.3 Å². The lowest BCUT2D eigenvalue weighted by atomic mass is 10.1. The van der Waals surface area contributed by atoms with Crippen molar-refractivity contribution in [3.05, 3.63) is 65.2 Å². The summed E-state index contributed by atoms with van der Waals surface area (Å²) < 4.78 is 48.5. The van der Waals surface area contributed by atoms with E-state index in [1.807, 2.05) is 0 Å². The Balaban J connectivity index is 1.94. The van der Waals surface area contributed by atoms with Crippen LogP contribution < -0.4 is 10.6 Å². The van der Waals surface area contributed by atoms with Gasteiger partial charge < -0.3 is 10.6 Å². The van der Waals surface area contributed by atoms with Crippen molar-refractivity contribution in [2.24, 2.45) is 0 Å². The number of nitrogens with one attached hydrogen (secondary N) is 2. The fourth-order valence-electron chi connectivity index (χ4n) is 2.15. The monoisotopic (exact) mass is 382 g/mol. The van der Waals surface area contributed by atoms with Crippen molar-refractivity contribution >= 4 is 27.3 Å². The van der Waals surface area contributed by atoms with Crippen LogP contribution in [0.1, 0.15) is 15.9 Å². The minimum absolute atomic E-state index is 0.0540. The van der Waals surface area contributed by atoms with Crippen molar-refractivity contribution in [2.45, 2.75) is 5.75 Å². The number of anilines is 1. The van der Waals surface area contributed by atoms with Gasteiger partial charge in [0.2, 0.25) is 5.91 Å². The average Bonchev–Trinajstić information content (AvgIpc) is 2.55. The molecule has 0 aliphatic heterocycles. The Morgan fingerprint density at radius 3 is 2.42 bits per heavy atom. The zero-order valence-electron chi connectivity index (χ0n) is 13.8. The number of carbonyl (C=O) groups excluding carboxylic acids is 2. The third kappa shape index (κ3) is 5.92. The summed E-state index contributed by atoms with van der Waals surface area (Å²) in [5.41, 5.74) is 0.705. The SMILES string of the molecule is CS(=O)(=O)Cc1cccc(C(=O)NCC(=O)Nc2ccc(F)c(F)c2)c1. The molecule has 0 unspecified atom stereocenters. The van der Waals surface area contributed by atoms with Gasteiger partial charge in [-0.3, -0.25) is 9.59 Å². The summed E-state index contributed by atoms with van der Waals surface area (Å²) in [5.74, 6) is -3.54. The quantitative estimate of drug-likeness (QED) is 0.798. The highest BCUT2D eigenvalue weighted by Gasteiger charge is 2.11. The smallest absolute Gasteiger partial charge is 0.251 e. The van der Waals surface area contributed by atoms with Crippen LogP contribution >= 0.6 is 0 Å². The van der Waals surface area contributed by atoms with Gasteiger partial charge in [0.25, 0.3) is 5.91 Å². The van der Waals surface area contributed by atoms with Gasteiger partial charge in [-0.25, -0.2) is 17.2 Å². The fourth-order valence-corrected chi connectivity index (χ4v) is 2.93. The molecule has 0 heterocycles. The standard InChI is InChI=1S/C17H16F2N2O4S/c1-26(24,25)10-11-3-2-4-12(7-11)17(23)20-9-16(22)21-13-5-6-14(18)15(19)8-13/h2-8H,9-10H2,1H3,(H,20,23)(H,21,22). The minimum Gasteiger partial charge on any atom is -0.343 e. The molecule has 0 fully saturated rings. The molecule has 0 saturated carbocycles. The van der Waals surface area contributed by atoms with Crippen LogP contribution in [0.5, 0.6) is 0 Å². The number of rotatable bonds is 6. The molecule has 0 radical (unpaired) electrons. The molecule has 0 aliphatic rings. The van der Waals surface area contributed by atoms with E-state index in [1.165, 1.54) is 24.3 Å². The summed E-state index contributed by atoms with van der Waals surface area (Å²) in [6.07, 6.45) is 1.09. The second kappa shape index (κ2) is 8.05. The average molecular weight is 382 g/mol. The Kier molecular flexibility index (Phi) is 6.04. The lowest BCUT2D eigenvalue weighted by Crippen LogP contribution is -2.32. The van der Waals surface area contributed by atoms with Crippen molar-refractivity contribution in [2.75, 3.05) is 18.1 Å². The number of sulfone groups is 1. The molecule has 2 N–H and O–H groups in total. The first-order chi connectivity index (χ1) is 12.1. The van der Waals surface area contributed by atoms with Gasteiger partial charge in [-0.05, 0) is 29.8 Å². The molecule has 0 aliphatic carbocycles. The lowest BCUT2D eigenvalue weighted by Gasteiger charge is -2.08. The Morgan fingerprint density at radius 1 is 1.04 bits per heavy atom. The molecule has 2 rings (SSSR count). The van der Waals surface area contributed by atoms with Crippen molar-refractivity contribution in [3.63, 3.8) is 0 Å². The molecule has 0 atom stereocenters. The van der Waals surface area contributed by atoms with E-state index in [0.29, 0.717) is 5.56 Å². The third-order valence-corrected chi connectivity index (χ3v) is 4.09. The number of amides is 2. The molecule has 6 nitrogen and oxygen atoms in total. The molecular formula is C17H16F2N2O4S. The maximum absolute atomic E-state index is 13.1. The molecule has 2 aromatic carbocycles. The first kappa shape index (κ1) is 19.5. The van der Waals surface area contributed by atoms with Crippen molar-refractivity contribution in [1.82, 2.24) is 5.32 Å². The Bertz CT molecular complexity index is 946. The van der Waals surface area contributed by atoms with Crippen molar-refractivity contribution < 1.29 is 26.8 Å². The molecule has 0 spiro atoms. The topological polar surface area (TPSA) is 92.3 Å². The van der Waals surface area contributed by atoms with E-state index in [4.69, 9.17) is 0 Å². The maximum atomic E-state index is 13.1. The number of hydrogen-bond acceptors (Lipinski definition) is 4. The summed E-state index contributed by atoms with van der Waals surface area (Å²) in [6.45, 7) is -0.395. The molecule has 138 valence electrons. The lowest BCUT2D eigenvalue weighted by molar-refractivity contribution is -0.115. The third-order valence-electron chi connectivity index (χ3n) is 3.23. The van der Waals surface area contributed by atoms with Crippen LogP contribution in [0.15, 0.2) is 42.5 Å². The van der Waals surface area contributed by atoms with Gasteiger partial charge in [0, 0.05) is 23.6 Å². The summed E-state index contributed by atoms with van der Waals surface area (Å²) in [5, 5.41) is 4.69. The first-order valence-electron chi connectivity index (χ1n) is 7.44. The van der Waals surface area contributed by atoms with Crippen LogP contribution in [-0.4, -0.2) is 33.0 Å². The van der Waals surface area contributed by atoms with Gasteiger partial charge in [-0.2, -0.15) is 0 Å². The molecule has 2 aromatic rings. The van der Waals surface area contributed by atoms with Crippen molar-refractivity contribution in [1.29, 1.82) is 0 Å². The Labute approximate surface area is 149 Å². The summed E-state index contributed by atoms with van der Waals surface area (Å²) in [4.78, 5) is 23.8. The van der Waals surface area contributed by atoms with Gasteiger partial charge in [-0.1, -0.05) is 12.1 Å². The molecule has 9 heteroatoms. The molecule has 0 saturated heterocycles. The van der Waals surface area contributed by atoms with Crippen LogP contribution in [-0.2, 0) is 20.4 Å².